The maximum atomic E-state index is 13.1. The number of benzene rings is 1. The number of halogens is 2. The number of hydrogen-bond acceptors (Lipinski definition) is 4. The highest BCUT2D eigenvalue weighted by molar-refractivity contribution is 9.10. The fourth-order valence-corrected chi connectivity index (χ4v) is 1.74. The average molecular weight is 314 g/mol. The average Bonchev–Trinajstić information content (AvgIpc) is 2.83. The smallest absolute Gasteiger partial charge is 0.246 e. The summed E-state index contributed by atoms with van der Waals surface area (Å²) in [6.07, 6.45) is 0.682. The molecule has 0 aliphatic heterocycles. The summed E-state index contributed by atoms with van der Waals surface area (Å²) < 4.78 is 18.6. The van der Waals surface area contributed by atoms with Crippen LogP contribution in [0.1, 0.15) is 26.2 Å². The normalized spacial score (nSPS) is 14.5. The lowest BCUT2D eigenvalue weighted by Gasteiger charge is -2.16. The molecule has 0 bridgehead atoms. The summed E-state index contributed by atoms with van der Waals surface area (Å²) in [5.41, 5.74) is 6.04. The van der Waals surface area contributed by atoms with Crippen LogP contribution in [-0.4, -0.2) is 10.1 Å². The molecule has 1 heterocycles. The Balaban J connectivity index is 2.38. The summed E-state index contributed by atoms with van der Waals surface area (Å²) >= 11 is 3.12. The summed E-state index contributed by atoms with van der Waals surface area (Å²) in [5, 5.41) is 3.86. The molecule has 0 aliphatic rings. The lowest BCUT2D eigenvalue weighted by molar-refractivity contribution is 0.291. The van der Waals surface area contributed by atoms with Gasteiger partial charge in [0.1, 0.15) is 5.82 Å². The van der Waals surface area contributed by atoms with Crippen molar-refractivity contribution in [3.8, 4) is 11.4 Å². The van der Waals surface area contributed by atoms with Gasteiger partial charge in [-0.25, -0.2) is 4.39 Å². The van der Waals surface area contributed by atoms with Crippen molar-refractivity contribution in [1.82, 2.24) is 10.1 Å². The highest BCUT2D eigenvalue weighted by atomic mass is 79.9. The van der Waals surface area contributed by atoms with Crippen molar-refractivity contribution < 1.29 is 8.91 Å². The first-order chi connectivity index (χ1) is 8.44. The van der Waals surface area contributed by atoms with Gasteiger partial charge in [0.2, 0.25) is 11.7 Å². The molecule has 6 heteroatoms. The molecule has 0 saturated heterocycles. The summed E-state index contributed by atoms with van der Waals surface area (Å²) in [5.74, 6) is 0.441. The zero-order chi connectivity index (χ0) is 13.3. The van der Waals surface area contributed by atoms with Gasteiger partial charge in [-0.3, -0.25) is 0 Å². The van der Waals surface area contributed by atoms with Gasteiger partial charge >= 0.3 is 0 Å². The van der Waals surface area contributed by atoms with Gasteiger partial charge in [-0.15, -0.1) is 0 Å². The van der Waals surface area contributed by atoms with E-state index in [9.17, 15) is 4.39 Å². The minimum atomic E-state index is -0.650. The molecule has 0 amide bonds. The van der Waals surface area contributed by atoms with Crippen LogP contribution in [0, 0.1) is 5.82 Å². The van der Waals surface area contributed by atoms with E-state index in [2.05, 4.69) is 26.1 Å². The van der Waals surface area contributed by atoms with Gasteiger partial charge in [0.15, 0.2) is 0 Å². The lowest BCUT2D eigenvalue weighted by Crippen LogP contribution is -2.32. The highest BCUT2D eigenvalue weighted by Gasteiger charge is 2.26. The Morgan fingerprint density at radius 1 is 1.50 bits per heavy atom. The predicted molar refractivity (Wildman–Crippen MR) is 69.2 cm³/mol. The largest absolute Gasteiger partial charge is 0.337 e. The van der Waals surface area contributed by atoms with Crippen LogP contribution >= 0.6 is 15.9 Å². The van der Waals surface area contributed by atoms with Crippen molar-refractivity contribution in [3.05, 3.63) is 34.4 Å². The van der Waals surface area contributed by atoms with Crippen molar-refractivity contribution in [1.29, 1.82) is 0 Å². The number of nitrogens with zero attached hydrogens (tertiary/aromatic N) is 2. The van der Waals surface area contributed by atoms with E-state index in [0.29, 0.717) is 28.2 Å². The molecule has 0 aliphatic carbocycles. The summed E-state index contributed by atoms with van der Waals surface area (Å²) in [4.78, 5) is 4.25. The van der Waals surface area contributed by atoms with Crippen LogP contribution in [0.15, 0.2) is 27.2 Å². The molecule has 96 valence electrons. The molecule has 1 aromatic carbocycles. The van der Waals surface area contributed by atoms with Crippen LogP contribution in [0.3, 0.4) is 0 Å². The molecule has 0 fully saturated rings. The summed E-state index contributed by atoms with van der Waals surface area (Å²) in [6, 6.07) is 4.54. The van der Waals surface area contributed by atoms with Crippen LogP contribution in [0.4, 0.5) is 4.39 Å². The molecular formula is C12H13BrFN3O. The Kier molecular flexibility index (Phi) is 3.49. The van der Waals surface area contributed by atoms with Crippen LogP contribution < -0.4 is 5.73 Å². The Morgan fingerprint density at radius 3 is 2.83 bits per heavy atom. The Labute approximate surface area is 113 Å². The second kappa shape index (κ2) is 4.78. The van der Waals surface area contributed by atoms with Gasteiger partial charge in [-0.2, -0.15) is 4.98 Å². The van der Waals surface area contributed by atoms with E-state index in [0.717, 1.165) is 0 Å². The molecular weight excluding hydrogens is 301 g/mol. The third-order valence-electron chi connectivity index (χ3n) is 2.83. The first-order valence-electron chi connectivity index (χ1n) is 5.52. The van der Waals surface area contributed by atoms with Gasteiger partial charge in [-0.1, -0.05) is 12.1 Å². The van der Waals surface area contributed by atoms with E-state index in [1.54, 1.807) is 12.1 Å². The van der Waals surface area contributed by atoms with E-state index in [1.165, 1.54) is 6.07 Å². The molecule has 1 unspecified atom stereocenters. The first kappa shape index (κ1) is 13.2. The molecule has 2 rings (SSSR count). The van der Waals surface area contributed by atoms with E-state index >= 15 is 0 Å². The molecule has 0 spiro atoms. The fraction of sp³-hybridized carbons (Fsp3) is 0.333. The van der Waals surface area contributed by atoms with E-state index in [4.69, 9.17) is 10.3 Å². The van der Waals surface area contributed by atoms with Crippen molar-refractivity contribution >= 4 is 15.9 Å². The maximum absolute atomic E-state index is 13.1. The SMILES string of the molecule is CCC(C)(N)c1nc(-c2ccc(F)c(Br)c2)no1. The molecule has 2 aromatic rings. The molecule has 1 aromatic heterocycles. The van der Waals surface area contributed by atoms with Crippen molar-refractivity contribution in [2.75, 3.05) is 0 Å². The molecule has 18 heavy (non-hydrogen) atoms. The zero-order valence-electron chi connectivity index (χ0n) is 10.1. The van der Waals surface area contributed by atoms with Crippen molar-refractivity contribution in [3.63, 3.8) is 0 Å². The van der Waals surface area contributed by atoms with Gasteiger partial charge in [0.25, 0.3) is 0 Å². The Morgan fingerprint density at radius 2 is 2.22 bits per heavy atom. The summed E-state index contributed by atoms with van der Waals surface area (Å²) in [6.45, 7) is 3.77. The highest BCUT2D eigenvalue weighted by Crippen LogP contribution is 2.26. The number of aromatic nitrogens is 2. The molecule has 2 N–H and O–H groups in total. The maximum Gasteiger partial charge on any atom is 0.246 e. The lowest BCUT2D eigenvalue weighted by atomic mass is 10.0. The van der Waals surface area contributed by atoms with Gasteiger partial charge in [-0.05, 0) is 47.5 Å². The molecule has 0 saturated carbocycles. The number of nitrogens with two attached hydrogens (primary N) is 1. The van der Waals surface area contributed by atoms with Gasteiger partial charge < -0.3 is 10.3 Å². The fourth-order valence-electron chi connectivity index (χ4n) is 1.36. The molecule has 4 nitrogen and oxygen atoms in total. The predicted octanol–water partition coefficient (Wildman–Crippen LogP) is 3.22. The molecule has 1 atom stereocenters. The van der Waals surface area contributed by atoms with Gasteiger partial charge in [0, 0.05) is 5.56 Å². The minimum absolute atomic E-state index is 0.334. The van der Waals surface area contributed by atoms with Crippen LogP contribution in [0.25, 0.3) is 11.4 Å². The number of hydrogen-bond donors (Lipinski definition) is 1. The minimum Gasteiger partial charge on any atom is -0.337 e. The standard InChI is InChI=1S/C12H13BrFN3O/c1-3-12(2,15)11-16-10(17-18-11)7-4-5-9(14)8(13)6-7/h4-6H,3,15H2,1-2H3. The first-order valence-corrected chi connectivity index (χ1v) is 6.32. The Bertz CT molecular complexity index is 568. The topological polar surface area (TPSA) is 64.9 Å². The molecule has 0 radical (unpaired) electrons. The van der Waals surface area contributed by atoms with Gasteiger partial charge in [0.05, 0.1) is 10.0 Å². The van der Waals surface area contributed by atoms with Crippen molar-refractivity contribution in [2.24, 2.45) is 5.73 Å². The van der Waals surface area contributed by atoms with E-state index < -0.39 is 5.54 Å². The van der Waals surface area contributed by atoms with Crippen LogP contribution in [0.2, 0.25) is 0 Å². The van der Waals surface area contributed by atoms with E-state index in [1.807, 2.05) is 13.8 Å². The third kappa shape index (κ3) is 2.44. The zero-order valence-corrected chi connectivity index (χ0v) is 11.7. The van der Waals surface area contributed by atoms with Crippen molar-refractivity contribution in [2.45, 2.75) is 25.8 Å². The second-order valence-corrected chi connectivity index (χ2v) is 5.18. The Hall–Kier alpha value is -1.27. The third-order valence-corrected chi connectivity index (χ3v) is 3.43. The number of rotatable bonds is 3. The van der Waals surface area contributed by atoms with Crippen LogP contribution in [0.5, 0.6) is 0 Å². The van der Waals surface area contributed by atoms with E-state index in [-0.39, 0.29) is 5.82 Å². The second-order valence-electron chi connectivity index (χ2n) is 4.32. The van der Waals surface area contributed by atoms with Crippen LogP contribution in [-0.2, 0) is 5.54 Å². The monoisotopic (exact) mass is 313 g/mol. The summed E-state index contributed by atoms with van der Waals surface area (Å²) in [7, 11) is 0. The quantitative estimate of drug-likeness (QED) is 0.944.